The van der Waals surface area contributed by atoms with Crippen molar-refractivity contribution in [2.24, 2.45) is 7.05 Å². The molecule has 0 aliphatic rings. The van der Waals surface area contributed by atoms with Gasteiger partial charge in [0.1, 0.15) is 17.9 Å². The third-order valence-corrected chi connectivity index (χ3v) is 1.95. The number of carbonyl (C=O) groups is 1. The van der Waals surface area contributed by atoms with Gasteiger partial charge in [-0.15, -0.1) is 0 Å². The van der Waals surface area contributed by atoms with Crippen LogP contribution in [0.25, 0.3) is 0 Å². The molecular weight excluding hydrogens is 217 g/mol. The molecule has 0 aliphatic carbocycles. The van der Waals surface area contributed by atoms with Crippen molar-refractivity contribution in [3.05, 3.63) is 28.2 Å². The van der Waals surface area contributed by atoms with E-state index in [4.69, 9.17) is 9.47 Å². The van der Waals surface area contributed by atoms with Crippen LogP contribution in [-0.4, -0.2) is 30.9 Å². The summed E-state index contributed by atoms with van der Waals surface area (Å²) in [5, 5.41) is 0. The first-order valence-electron chi connectivity index (χ1n) is 4.58. The Morgan fingerprint density at radius 3 is 2.75 bits per heavy atom. The van der Waals surface area contributed by atoms with Gasteiger partial charge in [0.15, 0.2) is 0 Å². The number of hydrogen-bond donors (Lipinski definition) is 0. The molecule has 0 bridgehead atoms. The standard InChI is InChI=1S/C10H12FNO4/c1-12-6-7(10(11)14)8(5-9(12)13)16-4-3-15-2/h5-6H,3-4H2,1-2H3. The third kappa shape index (κ3) is 2.90. The third-order valence-electron chi connectivity index (χ3n) is 1.95. The van der Waals surface area contributed by atoms with E-state index < -0.39 is 6.04 Å². The maximum absolute atomic E-state index is 12.6. The molecule has 0 unspecified atom stereocenters. The van der Waals surface area contributed by atoms with E-state index in [-0.39, 0.29) is 30.1 Å². The molecule has 0 N–H and O–H groups in total. The smallest absolute Gasteiger partial charge is 0.337 e. The fourth-order valence-electron chi connectivity index (χ4n) is 1.11. The summed E-state index contributed by atoms with van der Waals surface area (Å²) in [7, 11) is 2.91. The van der Waals surface area contributed by atoms with Gasteiger partial charge in [0.25, 0.3) is 5.56 Å². The lowest BCUT2D eigenvalue weighted by atomic mass is 10.2. The fourth-order valence-corrected chi connectivity index (χ4v) is 1.11. The highest BCUT2D eigenvalue weighted by Gasteiger charge is 2.13. The number of hydrogen-bond acceptors (Lipinski definition) is 4. The molecule has 1 aromatic rings. The first-order chi connectivity index (χ1) is 7.56. The fraction of sp³-hybridized carbons (Fsp3) is 0.400. The van der Waals surface area contributed by atoms with Gasteiger partial charge in [0, 0.05) is 26.4 Å². The highest BCUT2D eigenvalue weighted by Crippen LogP contribution is 2.16. The minimum atomic E-state index is -1.64. The van der Waals surface area contributed by atoms with Crippen molar-refractivity contribution in [2.75, 3.05) is 20.3 Å². The molecule has 0 atom stereocenters. The van der Waals surface area contributed by atoms with E-state index in [9.17, 15) is 14.0 Å². The predicted octanol–water partition coefficient (Wildman–Crippen LogP) is 0.520. The topological polar surface area (TPSA) is 57.5 Å². The summed E-state index contributed by atoms with van der Waals surface area (Å²) in [5.41, 5.74) is -0.643. The molecule has 0 spiro atoms. The first kappa shape index (κ1) is 12.4. The lowest BCUT2D eigenvalue weighted by molar-refractivity contribution is 0.0827. The number of nitrogens with zero attached hydrogens (tertiary/aromatic N) is 1. The van der Waals surface area contributed by atoms with Crippen LogP contribution < -0.4 is 10.3 Å². The van der Waals surface area contributed by atoms with Gasteiger partial charge in [-0.25, -0.2) is 0 Å². The molecule has 0 saturated carbocycles. The van der Waals surface area contributed by atoms with Crippen LogP contribution in [0.15, 0.2) is 17.1 Å². The van der Waals surface area contributed by atoms with E-state index in [0.717, 1.165) is 16.8 Å². The number of pyridine rings is 1. The molecule has 88 valence electrons. The van der Waals surface area contributed by atoms with Crippen molar-refractivity contribution in [1.82, 2.24) is 4.57 Å². The van der Waals surface area contributed by atoms with Gasteiger partial charge < -0.3 is 14.0 Å². The molecule has 16 heavy (non-hydrogen) atoms. The molecule has 1 rings (SSSR count). The van der Waals surface area contributed by atoms with Gasteiger partial charge in [-0.1, -0.05) is 0 Å². The average Bonchev–Trinajstić information content (AvgIpc) is 2.23. The Kier molecular flexibility index (Phi) is 4.19. The summed E-state index contributed by atoms with van der Waals surface area (Å²) >= 11 is 0. The van der Waals surface area contributed by atoms with Crippen LogP contribution in [0.3, 0.4) is 0 Å². The highest BCUT2D eigenvalue weighted by atomic mass is 19.1. The van der Waals surface area contributed by atoms with Gasteiger partial charge in [-0.05, 0) is 0 Å². The predicted molar refractivity (Wildman–Crippen MR) is 54.5 cm³/mol. The molecule has 0 amide bonds. The monoisotopic (exact) mass is 229 g/mol. The zero-order valence-corrected chi connectivity index (χ0v) is 9.03. The van der Waals surface area contributed by atoms with Crippen LogP contribution in [0.2, 0.25) is 0 Å². The van der Waals surface area contributed by atoms with Crippen molar-refractivity contribution in [3.8, 4) is 5.75 Å². The summed E-state index contributed by atoms with van der Waals surface area (Å²) < 4.78 is 23.6. The maximum Gasteiger partial charge on any atom is 0.337 e. The normalized spacial score (nSPS) is 10.2. The van der Waals surface area contributed by atoms with Crippen LogP contribution in [0.4, 0.5) is 4.39 Å². The van der Waals surface area contributed by atoms with Gasteiger partial charge in [0.05, 0.1) is 6.61 Å². The van der Waals surface area contributed by atoms with Gasteiger partial charge in [-0.2, -0.15) is 4.39 Å². The van der Waals surface area contributed by atoms with Crippen molar-refractivity contribution in [3.63, 3.8) is 0 Å². The SMILES string of the molecule is COCCOc1cc(=O)n(C)cc1C(=O)F. The molecule has 0 fully saturated rings. The number of rotatable bonds is 5. The number of aryl methyl sites for hydroxylation is 1. The molecule has 0 aliphatic heterocycles. The van der Waals surface area contributed by atoms with E-state index >= 15 is 0 Å². The minimum absolute atomic E-state index is 0.0624. The van der Waals surface area contributed by atoms with Crippen molar-refractivity contribution in [2.45, 2.75) is 0 Å². The molecular formula is C10H12FNO4. The summed E-state index contributed by atoms with van der Waals surface area (Å²) in [4.78, 5) is 21.9. The van der Waals surface area contributed by atoms with E-state index in [1.54, 1.807) is 0 Å². The van der Waals surface area contributed by atoms with Crippen molar-refractivity contribution >= 4 is 6.04 Å². The lowest BCUT2D eigenvalue weighted by Gasteiger charge is -2.09. The Bertz CT molecular complexity index is 441. The first-order valence-corrected chi connectivity index (χ1v) is 4.58. The van der Waals surface area contributed by atoms with E-state index in [1.807, 2.05) is 0 Å². The Labute approximate surface area is 91.4 Å². The van der Waals surface area contributed by atoms with Crippen molar-refractivity contribution < 1.29 is 18.7 Å². The summed E-state index contributed by atoms with van der Waals surface area (Å²) in [6, 6.07) is -0.564. The second-order valence-electron chi connectivity index (χ2n) is 3.12. The second kappa shape index (κ2) is 5.41. The van der Waals surface area contributed by atoms with Crippen LogP contribution >= 0.6 is 0 Å². The molecule has 5 nitrogen and oxygen atoms in total. The van der Waals surface area contributed by atoms with Gasteiger partial charge in [-0.3, -0.25) is 9.59 Å². The van der Waals surface area contributed by atoms with Crippen LogP contribution in [-0.2, 0) is 11.8 Å². The molecule has 1 heterocycles. The number of methoxy groups -OCH3 is 1. The molecule has 0 saturated heterocycles. The number of carbonyl (C=O) groups excluding carboxylic acids is 1. The Morgan fingerprint density at radius 2 is 2.19 bits per heavy atom. The molecule has 0 aromatic carbocycles. The Morgan fingerprint density at radius 1 is 1.50 bits per heavy atom. The lowest BCUT2D eigenvalue weighted by Crippen LogP contribution is -2.18. The zero-order chi connectivity index (χ0) is 12.1. The second-order valence-corrected chi connectivity index (χ2v) is 3.12. The van der Waals surface area contributed by atoms with Crippen LogP contribution in [0, 0.1) is 0 Å². The maximum atomic E-state index is 12.6. The zero-order valence-electron chi connectivity index (χ0n) is 9.03. The highest BCUT2D eigenvalue weighted by molar-refractivity contribution is 5.91. The molecule has 6 heteroatoms. The average molecular weight is 229 g/mol. The van der Waals surface area contributed by atoms with E-state index in [0.29, 0.717) is 0 Å². The summed E-state index contributed by atoms with van der Waals surface area (Å²) in [6.45, 7) is 0.430. The number of halogens is 1. The Balaban J connectivity index is 3.00. The molecule has 0 radical (unpaired) electrons. The van der Waals surface area contributed by atoms with Crippen molar-refractivity contribution in [1.29, 1.82) is 0 Å². The van der Waals surface area contributed by atoms with E-state index in [1.165, 1.54) is 14.2 Å². The molecule has 1 aromatic heterocycles. The van der Waals surface area contributed by atoms with Gasteiger partial charge in [0.2, 0.25) is 0 Å². The minimum Gasteiger partial charge on any atom is -0.490 e. The van der Waals surface area contributed by atoms with Crippen LogP contribution in [0.1, 0.15) is 10.4 Å². The van der Waals surface area contributed by atoms with E-state index in [2.05, 4.69) is 0 Å². The quantitative estimate of drug-likeness (QED) is 0.545. The van der Waals surface area contributed by atoms with Crippen LogP contribution in [0.5, 0.6) is 5.75 Å². The Hall–Kier alpha value is -1.69. The van der Waals surface area contributed by atoms with Gasteiger partial charge >= 0.3 is 6.04 Å². The summed E-state index contributed by atoms with van der Waals surface area (Å²) in [6.07, 6.45) is 1.10. The number of ether oxygens (including phenoxy) is 2. The summed E-state index contributed by atoms with van der Waals surface area (Å²) in [5.74, 6) is -0.0624. The largest absolute Gasteiger partial charge is 0.490 e. The number of aromatic nitrogens is 1.